The van der Waals surface area contributed by atoms with Gasteiger partial charge in [0.25, 0.3) is 5.91 Å². The van der Waals surface area contributed by atoms with Crippen molar-refractivity contribution in [2.24, 2.45) is 4.99 Å². The number of nitrogens with one attached hydrogen (secondary N) is 1. The van der Waals surface area contributed by atoms with E-state index in [9.17, 15) is 27.6 Å². The lowest BCUT2D eigenvalue weighted by Gasteiger charge is -2.25. The number of benzodiazepines with no additional fused rings is 1. The first-order valence-corrected chi connectivity index (χ1v) is 13.2. The number of hydrogen-bond acceptors (Lipinski definition) is 4. The van der Waals surface area contributed by atoms with Gasteiger partial charge in [-0.2, -0.15) is 13.2 Å². The highest BCUT2D eigenvalue weighted by Crippen LogP contribution is 2.30. The van der Waals surface area contributed by atoms with Crippen molar-refractivity contribution in [1.29, 1.82) is 0 Å². The summed E-state index contributed by atoms with van der Waals surface area (Å²) in [5, 5.41) is 2.59. The molecular weight excluding hydrogens is 543 g/mol. The highest BCUT2D eigenvalue weighted by molar-refractivity contribution is 6.21. The molecule has 0 saturated carbocycles. The molecule has 0 spiro atoms. The lowest BCUT2D eigenvalue weighted by atomic mass is 9.99. The number of aliphatic imine (C=N–C) groups is 1. The number of carbonyl (C=O) groups excluding carboxylic acids is 3. The number of Topliss-reactive ketones (excluding diaryl/α,β-unsaturated/α-hetero) is 1. The van der Waals surface area contributed by atoms with Crippen molar-refractivity contribution >= 4 is 29.0 Å². The number of halogens is 3. The van der Waals surface area contributed by atoms with Crippen LogP contribution in [0.1, 0.15) is 38.2 Å². The molecule has 0 aliphatic carbocycles. The van der Waals surface area contributed by atoms with Crippen LogP contribution in [0.15, 0.2) is 108 Å². The van der Waals surface area contributed by atoms with Crippen molar-refractivity contribution in [3.05, 3.63) is 137 Å². The van der Waals surface area contributed by atoms with E-state index in [1.807, 2.05) is 36.4 Å². The predicted molar refractivity (Wildman–Crippen MR) is 153 cm³/mol. The van der Waals surface area contributed by atoms with E-state index in [4.69, 9.17) is 0 Å². The van der Waals surface area contributed by atoms with E-state index in [-0.39, 0.29) is 17.9 Å². The van der Waals surface area contributed by atoms with E-state index < -0.39 is 36.1 Å². The number of aryl methyl sites for hydroxylation is 1. The SMILES string of the molecule is Cc1ccccc1C(=O)CN1C(=O)[C@@H](NC(=O)Cc2cccc(C(F)(F)F)c2)N=C(c2ccccc2)c2ccccc21. The average molecular weight is 570 g/mol. The Morgan fingerprint density at radius 1 is 0.881 bits per heavy atom. The molecule has 2 amide bonds. The summed E-state index contributed by atoms with van der Waals surface area (Å²) in [6, 6.07) is 27.6. The van der Waals surface area contributed by atoms with Crippen LogP contribution < -0.4 is 10.2 Å². The van der Waals surface area contributed by atoms with Gasteiger partial charge in [0, 0.05) is 16.7 Å². The zero-order valence-corrected chi connectivity index (χ0v) is 22.6. The molecule has 212 valence electrons. The Hall–Kier alpha value is -5.05. The molecule has 0 bridgehead atoms. The third-order valence-electron chi connectivity index (χ3n) is 6.92. The van der Waals surface area contributed by atoms with Crippen molar-refractivity contribution in [1.82, 2.24) is 5.32 Å². The monoisotopic (exact) mass is 569 g/mol. The minimum Gasteiger partial charge on any atom is -0.326 e. The molecule has 1 aliphatic heterocycles. The van der Waals surface area contributed by atoms with Crippen molar-refractivity contribution in [3.63, 3.8) is 0 Å². The molecule has 1 N–H and O–H groups in total. The van der Waals surface area contributed by atoms with Gasteiger partial charge in [-0.3, -0.25) is 14.4 Å². The van der Waals surface area contributed by atoms with E-state index >= 15 is 0 Å². The number of nitrogens with zero attached hydrogens (tertiary/aromatic N) is 2. The van der Waals surface area contributed by atoms with Crippen LogP contribution in [0.25, 0.3) is 0 Å². The zero-order valence-electron chi connectivity index (χ0n) is 22.6. The fraction of sp³-hybridized carbons (Fsp3) is 0.152. The van der Waals surface area contributed by atoms with Gasteiger partial charge >= 0.3 is 6.18 Å². The smallest absolute Gasteiger partial charge is 0.326 e. The van der Waals surface area contributed by atoms with Crippen molar-refractivity contribution in [2.75, 3.05) is 11.4 Å². The molecule has 4 aromatic rings. The topological polar surface area (TPSA) is 78.8 Å². The number of fused-ring (bicyclic) bond motifs is 1. The van der Waals surface area contributed by atoms with Crippen LogP contribution >= 0.6 is 0 Å². The number of amides is 2. The highest BCUT2D eigenvalue weighted by atomic mass is 19.4. The molecule has 6 nitrogen and oxygen atoms in total. The fourth-order valence-electron chi connectivity index (χ4n) is 4.87. The highest BCUT2D eigenvalue weighted by Gasteiger charge is 2.35. The summed E-state index contributed by atoms with van der Waals surface area (Å²) in [7, 11) is 0. The molecular formula is C33H26F3N3O3. The second-order valence-corrected chi connectivity index (χ2v) is 9.87. The van der Waals surface area contributed by atoms with Crippen molar-refractivity contribution in [2.45, 2.75) is 25.7 Å². The Bertz CT molecular complexity index is 1680. The van der Waals surface area contributed by atoms with Gasteiger partial charge in [-0.15, -0.1) is 0 Å². The third kappa shape index (κ3) is 6.15. The third-order valence-corrected chi connectivity index (χ3v) is 6.92. The fourth-order valence-corrected chi connectivity index (χ4v) is 4.87. The van der Waals surface area contributed by atoms with Gasteiger partial charge in [0.1, 0.15) is 0 Å². The molecule has 9 heteroatoms. The minimum absolute atomic E-state index is 0.130. The largest absolute Gasteiger partial charge is 0.416 e. The maximum Gasteiger partial charge on any atom is 0.416 e. The van der Waals surface area contributed by atoms with Crippen LogP contribution in [0.4, 0.5) is 18.9 Å². The number of hydrogen-bond donors (Lipinski definition) is 1. The number of rotatable bonds is 7. The Morgan fingerprint density at radius 3 is 2.31 bits per heavy atom. The van der Waals surface area contributed by atoms with Crippen LogP contribution in [0.5, 0.6) is 0 Å². The van der Waals surface area contributed by atoms with E-state index in [1.54, 1.807) is 49.4 Å². The number of benzene rings is 4. The van der Waals surface area contributed by atoms with Crippen LogP contribution in [0, 0.1) is 6.92 Å². The van der Waals surface area contributed by atoms with Gasteiger partial charge in [0.05, 0.1) is 29.9 Å². The van der Waals surface area contributed by atoms with Crippen molar-refractivity contribution in [3.8, 4) is 0 Å². The summed E-state index contributed by atoms with van der Waals surface area (Å²) >= 11 is 0. The number of alkyl halides is 3. The second-order valence-electron chi connectivity index (χ2n) is 9.87. The van der Waals surface area contributed by atoms with Gasteiger partial charge in [0.15, 0.2) is 5.78 Å². The normalized spacial score (nSPS) is 15.0. The first-order valence-electron chi connectivity index (χ1n) is 13.2. The standard InChI is InChI=1S/C33H26F3N3O3/c1-21-10-5-6-15-25(21)28(40)20-39-27-17-8-7-16-26(27)30(23-12-3-2-4-13-23)38-31(32(39)42)37-29(41)19-22-11-9-14-24(18-22)33(34,35)36/h2-18,31H,19-20H2,1H3,(H,37,41)/t31-/m0/s1. The Kier molecular flexibility index (Phi) is 8.01. The molecule has 1 aliphatic rings. The maximum absolute atomic E-state index is 14.0. The second kappa shape index (κ2) is 11.8. The van der Waals surface area contributed by atoms with Gasteiger partial charge < -0.3 is 10.2 Å². The molecule has 42 heavy (non-hydrogen) atoms. The van der Waals surface area contributed by atoms with E-state index in [1.165, 1.54) is 17.0 Å². The summed E-state index contributed by atoms with van der Waals surface area (Å²) in [6.45, 7) is 1.50. The summed E-state index contributed by atoms with van der Waals surface area (Å²) in [4.78, 5) is 46.5. The summed E-state index contributed by atoms with van der Waals surface area (Å²) in [5.41, 5.74) is 2.61. The molecule has 5 rings (SSSR count). The Morgan fingerprint density at radius 2 is 1.57 bits per heavy atom. The molecule has 1 atom stereocenters. The average Bonchev–Trinajstić information content (AvgIpc) is 3.08. The van der Waals surface area contributed by atoms with E-state index in [0.717, 1.165) is 17.7 Å². The molecule has 0 fully saturated rings. The summed E-state index contributed by atoms with van der Waals surface area (Å²) in [6.07, 6.45) is -6.40. The first-order chi connectivity index (χ1) is 20.1. The summed E-state index contributed by atoms with van der Waals surface area (Å²) < 4.78 is 39.6. The Labute approximate surface area is 240 Å². The molecule has 0 aromatic heterocycles. The predicted octanol–water partition coefficient (Wildman–Crippen LogP) is 5.77. The summed E-state index contributed by atoms with van der Waals surface area (Å²) in [5.74, 6) is -1.64. The molecule has 4 aromatic carbocycles. The van der Waals surface area contributed by atoms with Crippen LogP contribution in [-0.4, -0.2) is 36.0 Å². The van der Waals surface area contributed by atoms with Gasteiger partial charge in [-0.05, 0) is 30.2 Å². The zero-order chi connectivity index (χ0) is 29.9. The molecule has 0 saturated heterocycles. The van der Waals surface area contributed by atoms with Gasteiger partial charge in [-0.1, -0.05) is 91.0 Å². The van der Waals surface area contributed by atoms with E-state index in [2.05, 4.69) is 10.3 Å². The van der Waals surface area contributed by atoms with Crippen LogP contribution in [0.2, 0.25) is 0 Å². The minimum atomic E-state index is -4.56. The number of carbonyl (C=O) groups is 3. The van der Waals surface area contributed by atoms with Crippen LogP contribution in [-0.2, 0) is 22.2 Å². The number of para-hydroxylation sites is 1. The lowest BCUT2D eigenvalue weighted by Crippen LogP contribution is -2.49. The van der Waals surface area contributed by atoms with Crippen molar-refractivity contribution < 1.29 is 27.6 Å². The molecule has 0 radical (unpaired) electrons. The Balaban J connectivity index is 1.52. The number of ketones is 1. The maximum atomic E-state index is 14.0. The number of anilines is 1. The van der Waals surface area contributed by atoms with E-state index in [0.29, 0.717) is 28.1 Å². The van der Waals surface area contributed by atoms with Gasteiger partial charge in [-0.25, -0.2) is 4.99 Å². The first kappa shape index (κ1) is 28.5. The quantitative estimate of drug-likeness (QED) is 0.287. The molecule has 0 unspecified atom stereocenters. The molecule has 1 heterocycles. The van der Waals surface area contributed by atoms with Gasteiger partial charge in [0.2, 0.25) is 12.1 Å². The lowest BCUT2D eigenvalue weighted by molar-refractivity contribution is -0.137. The van der Waals surface area contributed by atoms with Crippen LogP contribution in [0.3, 0.4) is 0 Å².